The largest absolute Gasteiger partial charge is 0.394 e. The van der Waals surface area contributed by atoms with Crippen LogP contribution in [0.2, 0.25) is 0 Å². The zero-order chi connectivity index (χ0) is 18.8. The molecule has 4 N–H and O–H groups in total. The SMILES string of the molecule is COCC[C@]1(n2cc(C)c(=O)[nH]c2=O)C[C@H](OP(O)(O)=S)[C@@H](CO)O1. The molecule has 1 saturated heterocycles. The van der Waals surface area contributed by atoms with E-state index in [4.69, 9.17) is 14.0 Å². The van der Waals surface area contributed by atoms with Crippen molar-refractivity contribution in [1.29, 1.82) is 0 Å². The lowest BCUT2D eigenvalue weighted by atomic mass is 10.0. The Bertz CT molecular complexity index is 774. The maximum atomic E-state index is 12.3. The smallest absolute Gasteiger partial charge is 0.330 e. The number of rotatable bonds is 7. The van der Waals surface area contributed by atoms with E-state index in [-0.39, 0.29) is 19.4 Å². The number of ether oxygens (including phenoxy) is 2. The molecule has 12 heteroatoms. The number of hydrogen-bond acceptors (Lipinski definition) is 7. The number of aromatic amines is 1. The fraction of sp³-hybridized carbons (Fsp3) is 0.692. The number of H-pyrrole nitrogens is 1. The fourth-order valence-corrected chi connectivity index (χ4v) is 3.75. The minimum Gasteiger partial charge on any atom is -0.394 e. The van der Waals surface area contributed by atoms with Crippen molar-refractivity contribution in [2.75, 3.05) is 20.3 Å². The van der Waals surface area contributed by atoms with E-state index in [1.807, 2.05) is 0 Å². The Morgan fingerprint density at radius 1 is 1.52 bits per heavy atom. The van der Waals surface area contributed by atoms with Crippen LogP contribution in [0.3, 0.4) is 0 Å². The molecule has 0 radical (unpaired) electrons. The highest BCUT2D eigenvalue weighted by Gasteiger charge is 2.50. The van der Waals surface area contributed by atoms with Gasteiger partial charge >= 0.3 is 12.4 Å². The topological polar surface area (TPSA) is 143 Å². The maximum Gasteiger partial charge on any atom is 0.330 e. The van der Waals surface area contributed by atoms with Gasteiger partial charge in [-0.25, -0.2) is 4.79 Å². The second-order valence-corrected chi connectivity index (χ2v) is 8.43. The van der Waals surface area contributed by atoms with E-state index in [1.54, 1.807) is 0 Å². The lowest BCUT2D eigenvalue weighted by Crippen LogP contribution is -2.45. The van der Waals surface area contributed by atoms with Gasteiger partial charge in [-0.15, -0.1) is 0 Å². The molecule has 1 aliphatic heterocycles. The van der Waals surface area contributed by atoms with Crippen molar-refractivity contribution < 1.29 is 28.9 Å². The van der Waals surface area contributed by atoms with Crippen LogP contribution in [-0.2, 0) is 31.5 Å². The van der Waals surface area contributed by atoms with Crippen LogP contribution in [0.25, 0.3) is 0 Å². The Hall–Kier alpha value is -0.910. The highest BCUT2D eigenvalue weighted by molar-refractivity contribution is 8.06. The Morgan fingerprint density at radius 3 is 2.76 bits per heavy atom. The fourth-order valence-electron chi connectivity index (χ4n) is 2.86. The Balaban J connectivity index is 2.49. The summed E-state index contributed by atoms with van der Waals surface area (Å²) < 4.78 is 17.2. The van der Waals surface area contributed by atoms with Gasteiger partial charge < -0.3 is 28.9 Å². The number of aryl methyl sites for hydroxylation is 1. The zero-order valence-electron chi connectivity index (χ0n) is 13.7. The van der Waals surface area contributed by atoms with E-state index >= 15 is 0 Å². The van der Waals surface area contributed by atoms with Crippen LogP contribution >= 0.6 is 6.72 Å². The molecule has 25 heavy (non-hydrogen) atoms. The van der Waals surface area contributed by atoms with E-state index in [9.17, 15) is 24.5 Å². The summed E-state index contributed by atoms with van der Waals surface area (Å²) in [5.41, 5.74) is -2.23. The lowest BCUT2D eigenvalue weighted by molar-refractivity contribution is -0.130. The van der Waals surface area contributed by atoms with Crippen molar-refractivity contribution in [1.82, 2.24) is 9.55 Å². The molecular weight excluding hydrogens is 375 g/mol. The van der Waals surface area contributed by atoms with Crippen LogP contribution in [0.4, 0.5) is 0 Å². The van der Waals surface area contributed by atoms with Crippen molar-refractivity contribution >= 4 is 18.5 Å². The van der Waals surface area contributed by atoms with Gasteiger partial charge in [0.15, 0.2) is 5.72 Å². The van der Waals surface area contributed by atoms with Crippen molar-refractivity contribution in [3.63, 3.8) is 0 Å². The first-order valence-electron chi connectivity index (χ1n) is 7.46. The van der Waals surface area contributed by atoms with Crippen LogP contribution in [0.15, 0.2) is 15.8 Å². The van der Waals surface area contributed by atoms with Crippen LogP contribution in [0.5, 0.6) is 0 Å². The predicted octanol–water partition coefficient (Wildman–Crippen LogP) is -1.09. The highest BCUT2D eigenvalue weighted by Crippen LogP contribution is 2.46. The lowest BCUT2D eigenvalue weighted by Gasteiger charge is -2.31. The van der Waals surface area contributed by atoms with Crippen LogP contribution in [-0.4, -0.2) is 57.0 Å². The normalized spacial score (nSPS) is 26.9. The van der Waals surface area contributed by atoms with Crippen LogP contribution in [0, 0.1) is 6.92 Å². The summed E-state index contributed by atoms with van der Waals surface area (Å²) in [6, 6.07) is 0. The molecule has 142 valence electrons. The summed E-state index contributed by atoms with van der Waals surface area (Å²) in [5, 5.41) is 9.54. The third kappa shape index (κ3) is 4.63. The molecule has 1 aliphatic rings. The van der Waals surface area contributed by atoms with Crippen molar-refractivity contribution in [3.05, 3.63) is 32.6 Å². The second kappa shape index (κ2) is 7.77. The molecule has 2 heterocycles. The first-order valence-corrected chi connectivity index (χ1v) is 10.1. The molecule has 1 fully saturated rings. The molecule has 0 amide bonds. The Labute approximate surface area is 148 Å². The number of aliphatic hydroxyl groups excluding tert-OH is 1. The number of methoxy groups -OCH3 is 1. The van der Waals surface area contributed by atoms with E-state index in [0.29, 0.717) is 5.56 Å². The minimum absolute atomic E-state index is 0.00644. The number of nitrogens with one attached hydrogen (secondary N) is 1. The Kier molecular flexibility index (Phi) is 6.34. The highest BCUT2D eigenvalue weighted by atomic mass is 32.5. The third-order valence-electron chi connectivity index (χ3n) is 4.01. The molecule has 10 nitrogen and oxygen atoms in total. The zero-order valence-corrected chi connectivity index (χ0v) is 15.5. The van der Waals surface area contributed by atoms with Gasteiger partial charge in [0.25, 0.3) is 5.56 Å². The number of hydrogen-bond donors (Lipinski definition) is 4. The molecule has 0 aliphatic carbocycles. The molecule has 0 bridgehead atoms. The monoisotopic (exact) mass is 396 g/mol. The van der Waals surface area contributed by atoms with E-state index < -0.39 is 42.5 Å². The predicted molar refractivity (Wildman–Crippen MR) is 90.7 cm³/mol. The quantitative estimate of drug-likeness (QED) is 0.423. The Morgan fingerprint density at radius 2 is 2.20 bits per heavy atom. The van der Waals surface area contributed by atoms with Gasteiger partial charge in [0, 0.05) is 31.7 Å². The molecule has 1 aromatic rings. The summed E-state index contributed by atoms with van der Waals surface area (Å²) in [7, 11) is 1.47. The van der Waals surface area contributed by atoms with E-state index in [1.165, 1.54) is 24.8 Å². The summed E-state index contributed by atoms with van der Waals surface area (Å²) in [4.78, 5) is 45.0. The average molecular weight is 396 g/mol. The number of aromatic nitrogens is 2. The average Bonchev–Trinajstić information content (AvgIpc) is 2.85. The van der Waals surface area contributed by atoms with Crippen molar-refractivity contribution in [2.45, 2.75) is 37.7 Å². The van der Waals surface area contributed by atoms with Gasteiger partial charge in [0.2, 0.25) is 0 Å². The maximum absolute atomic E-state index is 12.3. The van der Waals surface area contributed by atoms with Gasteiger partial charge in [-0.1, -0.05) is 0 Å². The molecule has 3 atom stereocenters. The second-order valence-electron chi connectivity index (χ2n) is 5.81. The van der Waals surface area contributed by atoms with Crippen LogP contribution in [0.1, 0.15) is 18.4 Å². The first kappa shape index (κ1) is 20.4. The first-order chi connectivity index (χ1) is 11.6. The van der Waals surface area contributed by atoms with Crippen molar-refractivity contribution in [3.8, 4) is 0 Å². The molecule has 2 rings (SSSR count). The third-order valence-corrected chi connectivity index (χ3v) is 4.82. The number of nitrogens with zero attached hydrogens (tertiary/aromatic N) is 1. The van der Waals surface area contributed by atoms with E-state index in [2.05, 4.69) is 16.8 Å². The molecule has 0 saturated carbocycles. The van der Waals surface area contributed by atoms with Gasteiger partial charge in [-0.3, -0.25) is 14.3 Å². The van der Waals surface area contributed by atoms with Crippen molar-refractivity contribution in [2.24, 2.45) is 0 Å². The summed E-state index contributed by atoms with van der Waals surface area (Å²) in [6.45, 7) is -2.74. The standard InChI is InChI=1S/C13H21N2O8PS/c1-8-6-15(12(18)14-11(8)17)13(3-4-21-2)5-9(10(7-16)22-13)23-24(19,20)25/h6,9-10,16H,3-5,7H2,1-2H3,(H,14,17,18)(H2,19,20,25)/t9-,10+,13+/m0/s1. The van der Waals surface area contributed by atoms with Gasteiger partial charge in [-0.2, -0.15) is 0 Å². The van der Waals surface area contributed by atoms with Crippen LogP contribution < -0.4 is 11.2 Å². The molecule has 1 aromatic heterocycles. The van der Waals surface area contributed by atoms with Gasteiger partial charge in [0.1, 0.15) is 12.2 Å². The molecule has 0 spiro atoms. The van der Waals surface area contributed by atoms with Gasteiger partial charge in [-0.05, 0) is 18.7 Å². The summed E-state index contributed by atoms with van der Waals surface area (Å²) in [6.07, 6.45) is -0.321. The van der Waals surface area contributed by atoms with E-state index in [0.717, 1.165) is 0 Å². The molecular formula is C13H21N2O8PS. The summed E-state index contributed by atoms with van der Waals surface area (Å²) >= 11 is 4.49. The van der Waals surface area contributed by atoms with Gasteiger partial charge in [0.05, 0.1) is 13.2 Å². The molecule has 0 aromatic carbocycles. The number of aliphatic hydroxyl groups is 1. The molecule has 0 unspecified atom stereocenters. The minimum atomic E-state index is -4.00. The summed E-state index contributed by atoms with van der Waals surface area (Å²) in [5.74, 6) is 0.